The summed E-state index contributed by atoms with van der Waals surface area (Å²) in [6.45, 7) is 8.59. The summed E-state index contributed by atoms with van der Waals surface area (Å²) in [5.74, 6) is 1.02. The zero-order chi connectivity index (χ0) is 14.4. The molecule has 0 saturated heterocycles. The molecule has 0 bridgehead atoms. The van der Waals surface area contributed by atoms with Gasteiger partial charge in [0.1, 0.15) is 5.75 Å². The van der Waals surface area contributed by atoms with Crippen LogP contribution in [0.1, 0.15) is 58.4 Å². The van der Waals surface area contributed by atoms with Crippen molar-refractivity contribution in [1.82, 2.24) is 5.32 Å². The van der Waals surface area contributed by atoms with E-state index in [-0.39, 0.29) is 6.10 Å². The molecular formula is C18H29NO. The third-order valence-corrected chi connectivity index (χ3v) is 4.26. The van der Waals surface area contributed by atoms with Crippen LogP contribution >= 0.6 is 0 Å². The number of hydrogen-bond acceptors (Lipinski definition) is 2. The first-order valence-electron chi connectivity index (χ1n) is 8.04. The van der Waals surface area contributed by atoms with E-state index in [1.165, 1.54) is 37.7 Å². The van der Waals surface area contributed by atoms with Gasteiger partial charge in [0, 0.05) is 18.7 Å². The van der Waals surface area contributed by atoms with Crippen molar-refractivity contribution in [1.29, 1.82) is 0 Å². The van der Waals surface area contributed by atoms with Crippen LogP contribution in [0.3, 0.4) is 0 Å². The summed E-state index contributed by atoms with van der Waals surface area (Å²) in [6.07, 6.45) is 7.16. The summed E-state index contributed by atoms with van der Waals surface area (Å²) in [6, 6.07) is 8.36. The Bertz CT molecular complexity index is 408. The van der Waals surface area contributed by atoms with Crippen LogP contribution in [-0.4, -0.2) is 12.6 Å². The Morgan fingerprint density at radius 1 is 1.15 bits per heavy atom. The first-order chi connectivity index (χ1) is 9.59. The highest BCUT2D eigenvalue weighted by Crippen LogP contribution is 2.35. The van der Waals surface area contributed by atoms with E-state index in [1.807, 2.05) is 6.07 Å². The molecule has 1 aromatic rings. The van der Waals surface area contributed by atoms with Gasteiger partial charge in [0.05, 0.1) is 6.10 Å². The molecule has 1 fully saturated rings. The van der Waals surface area contributed by atoms with Crippen LogP contribution in [0.4, 0.5) is 0 Å². The largest absolute Gasteiger partial charge is 0.491 e. The second-order valence-electron chi connectivity index (χ2n) is 6.75. The fourth-order valence-electron chi connectivity index (χ4n) is 3.10. The highest BCUT2D eigenvalue weighted by atomic mass is 16.5. The summed E-state index contributed by atoms with van der Waals surface area (Å²) in [5, 5.41) is 3.65. The molecule has 2 heteroatoms. The Morgan fingerprint density at radius 3 is 2.55 bits per heavy atom. The van der Waals surface area contributed by atoms with Gasteiger partial charge in [-0.25, -0.2) is 0 Å². The van der Waals surface area contributed by atoms with Crippen molar-refractivity contribution in [2.24, 2.45) is 5.41 Å². The molecule has 0 amide bonds. The lowest BCUT2D eigenvalue weighted by molar-refractivity contribution is 0.206. The van der Waals surface area contributed by atoms with E-state index in [0.717, 1.165) is 18.8 Å². The van der Waals surface area contributed by atoms with E-state index in [9.17, 15) is 0 Å². The Kier molecular flexibility index (Phi) is 5.47. The molecule has 1 aliphatic rings. The van der Waals surface area contributed by atoms with Crippen LogP contribution < -0.4 is 10.1 Å². The molecule has 2 rings (SSSR count). The molecule has 1 aliphatic carbocycles. The molecule has 1 N–H and O–H groups in total. The average Bonchev–Trinajstić information content (AvgIpc) is 2.41. The summed E-state index contributed by atoms with van der Waals surface area (Å²) >= 11 is 0. The van der Waals surface area contributed by atoms with Gasteiger partial charge < -0.3 is 10.1 Å². The van der Waals surface area contributed by atoms with Gasteiger partial charge in [-0.05, 0) is 38.2 Å². The van der Waals surface area contributed by atoms with E-state index in [2.05, 4.69) is 44.3 Å². The second kappa shape index (κ2) is 7.12. The standard InChI is InChI=1S/C18H29NO/c1-15(2)20-17-10-6-5-9-16(17)13-19-14-18(3)11-7-4-8-12-18/h5-6,9-10,15,19H,4,7-8,11-14H2,1-3H3. The summed E-state index contributed by atoms with van der Waals surface area (Å²) in [5.41, 5.74) is 1.76. The molecule has 0 heterocycles. The molecule has 112 valence electrons. The minimum absolute atomic E-state index is 0.229. The third kappa shape index (κ3) is 4.52. The highest BCUT2D eigenvalue weighted by Gasteiger charge is 2.26. The van der Waals surface area contributed by atoms with Gasteiger partial charge in [-0.3, -0.25) is 0 Å². The smallest absolute Gasteiger partial charge is 0.124 e. The van der Waals surface area contributed by atoms with Gasteiger partial charge in [0.25, 0.3) is 0 Å². The van der Waals surface area contributed by atoms with Gasteiger partial charge in [-0.2, -0.15) is 0 Å². The predicted molar refractivity (Wildman–Crippen MR) is 85.1 cm³/mol. The molecule has 1 aromatic carbocycles. The summed E-state index contributed by atoms with van der Waals surface area (Å²) < 4.78 is 5.87. The Labute approximate surface area is 123 Å². The van der Waals surface area contributed by atoms with E-state index < -0.39 is 0 Å². The second-order valence-corrected chi connectivity index (χ2v) is 6.75. The van der Waals surface area contributed by atoms with E-state index >= 15 is 0 Å². The van der Waals surface area contributed by atoms with Crippen molar-refractivity contribution in [3.63, 3.8) is 0 Å². The van der Waals surface area contributed by atoms with Crippen molar-refractivity contribution in [2.45, 2.75) is 65.5 Å². The molecular weight excluding hydrogens is 246 g/mol. The van der Waals surface area contributed by atoms with Crippen LogP contribution in [0, 0.1) is 5.41 Å². The number of para-hydroxylation sites is 1. The number of hydrogen-bond donors (Lipinski definition) is 1. The van der Waals surface area contributed by atoms with Crippen LogP contribution in [0.15, 0.2) is 24.3 Å². The average molecular weight is 275 g/mol. The quantitative estimate of drug-likeness (QED) is 0.823. The van der Waals surface area contributed by atoms with Gasteiger partial charge >= 0.3 is 0 Å². The zero-order valence-corrected chi connectivity index (χ0v) is 13.2. The zero-order valence-electron chi connectivity index (χ0n) is 13.2. The van der Waals surface area contributed by atoms with Crippen LogP contribution in [0.5, 0.6) is 5.75 Å². The first kappa shape index (κ1) is 15.4. The molecule has 0 atom stereocenters. The maximum Gasteiger partial charge on any atom is 0.124 e. The summed E-state index contributed by atoms with van der Waals surface area (Å²) in [4.78, 5) is 0. The Hall–Kier alpha value is -1.02. The lowest BCUT2D eigenvalue weighted by atomic mass is 9.76. The number of nitrogens with one attached hydrogen (secondary N) is 1. The van der Waals surface area contributed by atoms with Crippen molar-refractivity contribution >= 4 is 0 Å². The molecule has 0 spiro atoms. The molecule has 0 aromatic heterocycles. The van der Waals surface area contributed by atoms with Crippen molar-refractivity contribution in [2.75, 3.05) is 6.54 Å². The molecule has 1 saturated carbocycles. The third-order valence-electron chi connectivity index (χ3n) is 4.26. The fourth-order valence-corrected chi connectivity index (χ4v) is 3.10. The van der Waals surface area contributed by atoms with Crippen molar-refractivity contribution in [3.05, 3.63) is 29.8 Å². The van der Waals surface area contributed by atoms with Gasteiger partial charge in [-0.1, -0.05) is 44.4 Å². The Morgan fingerprint density at radius 2 is 1.85 bits per heavy atom. The van der Waals surface area contributed by atoms with Gasteiger partial charge in [-0.15, -0.1) is 0 Å². The van der Waals surface area contributed by atoms with E-state index in [1.54, 1.807) is 0 Å². The molecule has 0 radical (unpaired) electrons. The number of ether oxygens (including phenoxy) is 1. The molecule has 20 heavy (non-hydrogen) atoms. The minimum Gasteiger partial charge on any atom is -0.491 e. The topological polar surface area (TPSA) is 21.3 Å². The molecule has 0 aliphatic heterocycles. The van der Waals surface area contributed by atoms with Crippen LogP contribution in [-0.2, 0) is 6.54 Å². The lowest BCUT2D eigenvalue weighted by Gasteiger charge is -2.34. The lowest BCUT2D eigenvalue weighted by Crippen LogP contribution is -2.33. The van der Waals surface area contributed by atoms with Crippen LogP contribution in [0.2, 0.25) is 0 Å². The minimum atomic E-state index is 0.229. The maximum absolute atomic E-state index is 5.87. The first-order valence-corrected chi connectivity index (χ1v) is 8.04. The number of rotatable bonds is 6. The SMILES string of the molecule is CC(C)Oc1ccccc1CNCC1(C)CCCCC1. The molecule has 0 unspecified atom stereocenters. The number of benzene rings is 1. The highest BCUT2D eigenvalue weighted by molar-refractivity contribution is 5.33. The monoisotopic (exact) mass is 275 g/mol. The van der Waals surface area contributed by atoms with E-state index in [4.69, 9.17) is 4.74 Å². The van der Waals surface area contributed by atoms with Crippen molar-refractivity contribution in [3.8, 4) is 5.75 Å². The van der Waals surface area contributed by atoms with E-state index in [0.29, 0.717) is 5.41 Å². The predicted octanol–water partition coefficient (Wildman–Crippen LogP) is 4.53. The summed E-state index contributed by atoms with van der Waals surface area (Å²) in [7, 11) is 0. The normalized spacial score (nSPS) is 18.2. The van der Waals surface area contributed by atoms with Gasteiger partial charge in [0.15, 0.2) is 0 Å². The van der Waals surface area contributed by atoms with Crippen LogP contribution in [0.25, 0.3) is 0 Å². The Balaban J connectivity index is 1.87. The fraction of sp³-hybridized carbons (Fsp3) is 0.667. The maximum atomic E-state index is 5.87. The van der Waals surface area contributed by atoms with Crippen molar-refractivity contribution < 1.29 is 4.74 Å². The molecule has 2 nitrogen and oxygen atoms in total. The van der Waals surface area contributed by atoms with Gasteiger partial charge in [0.2, 0.25) is 0 Å².